The highest BCUT2D eigenvalue weighted by atomic mass is 32.2. The maximum absolute atomic E-state index is 12.4. The number of para-hydroxylation sites is 1. The summed E-state index contributed by atoms with van der Waals surface area (Å²) in [7, 11) is 0. The fourth-order valence-corrected chi connectivity index (χ4v) is 3.59. The number of thioether (sulfide) groups is 1. The molecule has 0 bridgehead atoms. The van der Waals surface area contributed by atoms with Gasteiger partial charge in [-0.1, -0.05) is 18.2 Å². The minimum atomic E-state index is 0.0881. The van der Waals surface area contributed by atoms with Crippen LogP contribution in [0.25, 0.3) is 10.9 Å². The van der Waals surface area contributed by atoms with Gasteiger partial charge in [-0.25, -0.2) is 4.98 Å². The number of hydrogen-bond acceptors (Lipinski definition) is 5. The molecule has 2 heterocycles. The molecular formula is C18H20N4OS. The van der Waals surface area contributed by atoms with Crippen LogP contribution in [-0.4, -0.2) is 41.7 Å². The van der Waals surface area contributed by atoms with Crippen molar-refractivity contribution in [2.45, 2.75) is 24.3 Å². The molecule has 124 valence electrons. The third-order valence-electron chi connectivity index (χ3n) is 4.29. The van der Waals surface area contributed by atoms with Gasteiger partial charge in [-0.15, -0.1) is 11.8 Å². The molecule has 1 aliphatic heterocycles. The van der Waals surface area contributed by atoms with Gasteiger partial charge in [0.1, 0.15) is 16.7 Å². The topological polar surface area (TPSA) is 69.0 Å². The maximum atomic E-state index is 12.4. The molecule has 0 aliphatic carbocycles. The molecule has 0 radical (unpaired) electrons. The lowest BCUT2D eigenvalue weighted by atomic mass is 10.1. The Hall–Kier alpha value is -2.26. The van der Waals surface area contributed by atoms with E-state index in [9.17, 15) is 10.1 Å². The van der Waals surface area contributed by atoms with Crippen LogP contribution in [0.4, 0.5) is 5.69 Å². The van der Waals surface area contributed by atoms with E-state index >= 15 is 0 Å². The van der Waals surface area contributed by atoms with Crippen LogP contribution in [0, 0.1) is 11.3 Å². The second kappa shape index (κ2) is 7.54. The third-order valence-corrected chi connectivity index (χ3v) is 4.97. The molecule has 1 saturated heterocycles. The summed E-state index contributed by atoms with van der Waals surface area (Å²) in [5, 5.41) is 14.3. The Kier molecular flexibility index (Phi) is 5.21. The highest BCUT2D eigenvalue weighted by Crippen LogP contribution is 2.32. The van der Waals surface area contributed by atoms with Crippen LogP contribution in [0.2, 0.25) is 0 Å². The first-order valence-electron chi connectivity index (χ1n) is 8.13. The summed E-state index contributed by atoms with van der Waals surface area (Å²) < 4.78 is 0. The van der Waals surface area contributed by atoms with Gasteiger partial charge in [0.25, 0.3) is 0 Å². The van der Waals surface area contributed by atoms with E-state index < -0.39 is 0 Å². The summed E-state index contributed by atoms with van der Waals surface area (Å²) in [6.07, 6.45) is 5.25. The molecule has 3 rings (SSSR count). The molecule has 1 N–H and O–H groups in total. The normalized spacial score (nSPS) is 14.4. The number of nitrogens with one attached hydrogen (secondary N) is 1. The quantitative estimate of drug-likeness (QED) is 0.865. The Labute approximate surface area is 146 Å². The molecule has 24 heavy (non-hydrogen) atoms. The molecule has 0 atom stereocenters. The van der Waals surface area contributed by atoms with Gasteiger partial charge in [0.05, 0.1) is 17.7 Å². The van der Waals surface area contributed by atoms with Crippen molar-refractivity contribution < 1.29 is 4.79 Å². The second-order valence-corrected chi connectivity index (χ2v) is 6.59. The van der Waals surface area contributed by atoms with E-state index in [0.717, 1.165) is 36.8 Å². The number of pyridine rings is 1. The van der Waals surface area contributed by atoms with Crippen LogP contribution in [0.1, 0.15) is 24.8 Å². The number of fused-ring (bicyclic) bond motifs is 1. The van der Waals surface area contributed by atoms with Gasteiger partial charge in [-0.05, 0) is 31.6 Å². The van der Waals surface area contributed by atoms with Crippen molar-refractivity contribution >= 4 is 34.3 Å². The van der Waals surface area contributed by atoms with Gasteiger partial charge in [0.15, 0.2) is 0 Å². The first kappa shape index (κ1) is 16.6. The van der Waals surface area contributed by atoms with Gasteiger partial charge in [0.2, 0.25) is 5.91 Å². The summed E-state index contributed by atoms with van der Waals surface area (Å²) in [6, 6.07) is 9.94. The number of anilines is 1. The molecule has 1 aliphatic rings. The molecule has 1 amide bonds. The van der Waals surface area contributed by atoms with Gasteiger partial charge >= 0.3 is 0 Å². The van der Waals surface area contributed by atoms with Crippen molar-refractivity contribution in [2.24, 2.45) is 0 Å². The van der Waals surface area contributed by atoms with Gasteiger partial charge in [-0.2, -0.15) is 5.26 Å². The number of likely N-dealkylation sites (tertiary alicyclic amines) is 1. The van der Waals surface area contributed by atoms with E-state index in [1.165, 1.54) is 18.2 Å². The van der Waals surface area contributed by atoms with Crippen LogP contribution in [-0.2, 0) is 4.79 Å². The van der Waals surface area contributed by atoms with E-state index in [1.54, 1.807) is 0 Å². The van der Waals surface area contributed by atoms with E-state index in [2.05, 4.69) is 16.4 Å². The number of aromatic nitrogens is 1. The number of carbonyl (C=O) groups excluding carboxylic acids is 1. The van der Waals surface area contributed by atoms with E-state index in [1.807, 2.05) is 35.4 Å². The third kappa shape index (κ3) is 3.31. The Bertz CT molecular complexity index is 793. The van der Waals surface area contributed by atoms with Crippen molar-refractivity contribution in [3.05, 3.63) is 29.8 Å². The number of amides is 1. The minimum Gasteiger partial charge on any atom is -0.374 e. The molecule has 1 aromatic carbocycles. The average Bonchev–Trinajstić information content (AvgIpc) is 2.65. The molecule has 6 heteroatoms. The summed E-state index contributed by atoms with van der Waals surface area (Å²) in [6.45, 7) is 1.87. The molecule has 0 spiro atoms. The Morgan fingerprint density at radius 1 is 1.33 bits per heavy atom. The van der Waals surface area contributed by atoms with Gasteiger partial charge in [0, 0.05) is 18.5 Å². The Morgan fingerprint density at radius 2 is 2.08 bits per heavy atom. The Balaban J connectivity index is 1.90. The van der Waals surface area contributed by atoms with Gasteiger partial charge < -0.3 is 10.2 Å². The summed E-state index contributed by atoms with van der Waals surface area (Å²) in [4.78, 5) is 18.9. The Morgan fingerprint density at radius 3 is 2.79 bits per heavy atom. The van der Waals surface area contributed by atoms with E-state index in [0.29, 0.717) is 16.3 Å². The molecule has 2 aromatic rings. The molecule has 1 aromatic heterocycles. The summed E-state index contributed by atoms with van der Waals surface area (Å²) >= 11 is 1.44. The van der Waals surface area contributed by atoms with Gasteiger partial charge in [-0.3, -0.25) is 4.79 Å². The maximum Gasteiger partial charge on any atom is 0.241 e. The fourth-order valence-electron chi connectivity index (χ4n) is 3.04. The van der Waals surface area contributed by atoms with E-state index in [-0.39, 0.29) is 12.5 Å². The molecule has 1 fully saturated rings. The van der Waals surface area contributed by atoms with Crippen LogP contribution in [0.15, 0.2) is 29.3 Å². The van der Waals surface area contributed by atoms with Crippen molar-refractivity contribution in [3.8, 4) is 6.07 Å². The highest BCUT2D eigenvalue weighted by Gasteiger charge is 2.19. The standard InChI is InChI=1S/C18H20N4OS/c1-24-18-14(11-19)17(13-7-3-4-8-15(13)21-18)20-12-16(23)22-9-5-2-6-10-22/h3-4,7-8H,2,5-6,9-10,12H2,1H3,(H,20,21). The number of carbonyl (C=O) groups is 1. The van der Waals surface area contributed by atoms with Crippen molar-refractivity contribution in [3.63, 3.8) is 0 Å². The number of nitriles is 1. The summed E-state index contributed by atoms with van der Waals surface area (Å²) in [5.41, 5.74) is 2.04. The first-order valence-corrected chi connectivity index (χ1v) is 9.35. The smallest absolute Gasteiger partial charge is 0.241 e. The number of benzene rings is 1. The van der Waals surface area contributed by atoms with Crippen LogP contribution < -0.4 is 5.32 Å². The zero-order chi connectivity index (χ0) is 16.9. The number of rotatable bonds is 4. The molecule has 0 unspecified atom stereocenters. The second-order valence-electron chi connectivity index (χ2n) is 5.80. The number of nitrogens with zero attached hydrogens (tertiary/aromatic N) is 3. The van der Waals surface area contributed by atoms with Crippen molar-refractivity contribution in [1.29, 1.82) is 5.26 Å². The molecule has 5 nitrogen and oxygen atoms in total. The lowest BCUT2D eigenvalue weighted by Gasteiger charge is -2.27. The number of hydrogen-bond donors (Lipinski definition) is 1. The first-order chi connectivity index (χ1) is 11.7. The zero-order valence-corrected chi connectivity index (χ0v) is 14.5. The SMILES string of the molecule is CSc1nc2ccccc2c(NCC(=O)N2CCCCC2)c1C#N. The monoisotopic (exact) mass is 340 g/mol. The predicted octanol–water partition coefficient (Wildman–Crippen LogP) is 3.25. The minimum absolute atomic E-state index is 0.0881. The largest absolute Gasteiger partial charge is 0.374 e. The van der Waals surface area contributed by atoms with Crippen molar-refractivity contribution in [2.75, 3.05) is 31.2 Å². The predicted molar refractivity (Wildman–Crippen MR) is 97.2 cm³/mol. The lowest BCUT2D eigenvalue weighted by molar-refractivity contribution is -0.130. The van der Waals surface area contributed by atoms with Crippen LogP contribution in [0.5, 0.6) is 0 Å². The summed E-state index contributed by atoms with van der Waals surface area (Å²) in [5.74, 6) is 0.0881. The fraction of sp³-hybridized carbons (Fsp3) is 0.389. The molecular weight excluding hydrogens is 320 g/mol. The lowest BCUT2D eigenvalue weighted by Crippen LogP contribution is -2.39. The van der Waals surface area contributed by atoms with Crippen molar-refractivity contribution in [1.82, 2.24) is 9.88 Å². The zero-order valence-electron chi connectivity index (χ0n) is 13.7. The van der Waals surface area contributed by atoms with E-state index in [4.69, 9.17) is 0 Å². The average molecular weight is 340 g/mol. The van der Waals surface area contributed by atoms with Crippen LogP contribution >= 0.6 is 11.8 Å². The van der Waals surface area contributed by atoms with Crippen LogP contribution in [0.3, 0.4) is 0 Å². The number of piperidine rings is 1. The highest BCUT2D eigenvalue weighted by molar-refractivity contribution is 7.98. The molecule has 0 saturated carbocycles.